The molecule has 1 amide bonds. The number of carbonyl (C=O) groups is 1. The lowest BCUT2D eigenvalue weighted by Crippen LogP contribution is -2.45. The van der Waals surface area contributed by atoms with E-state index in [1.54, 1.807) is 6.08 Å². The summed E-state index contributed by atoms with van der Waals surface area (Å²) in [6.07, 6.45) is 75.6. The number of amides is 1. The number of allylic oxidation sites excluding steroid dienone is 1. The van der Waals surface area contributed by atoms with Crippen molar-refractivity contribution in [1.82, 2.24) is 5.32 Å². The number of hydrogen-bond acceptors (Lipinski definition) is 3. The zero-order valence-corrected chi connectivity index (χ0v) is 44.8. The molecule has 0 spiro atoms. The van der Waals surface area contributed by atoms with Crippen molar-refractivity contribution in [2.75, 3.05) is 6.61 Å². The quantitative estimate of drug-likeness (QED) is 0.0421. The Labute approximate surface area is 409 Å². The van der Waals surface area contributed by atoms with Gasteiger partial charge >= 0.3 is 0 Å². The Morgan fingerprint density at radius 2 is 0.569 bits per heavy atom. The maximum Gasteiger partial charge on any atom is 0.220 e. The van der Waals surface area contributed by atoms with E-state index < -0.39 is 12.1 Å². The largest absolute Gasteiger partial charge is 0.394 e. The molecule has 2 unspecified atom stereocenters. The van der Waals surface area contributed by atoms with E-state index in [9.17, 15) is 15.0 Å². The van der Waals surface area contributed by atoms with Crippen LogP contribution in [0.3, 0.4) is 0 Å². The molecule has 0 aliphatic heterocycles. The smallest absolute Gasteiger partial charge is 0.220 e. The molecular formula is C61H121NO3. The van der Waals surface area contributed by atoms with Crippen LogP contribution in [0.5, 0.6) is 0 Å². The van der Waals surface area contributed by atoms with Crippen LogP contribution in [-0.4, -0.2) is 34.9 Å². The molecule has 2 atom stereocenters. The van der Waals surface area contributed by atoms with E-state index in [0.717, 1.165) is 25.7 Å². The predicted octanol–water partition coefficient (Wildman–Crippen LogP) is 20.1. The highest BCUT2D eigenvalue weighted by molar-refractivity contribution is 5.76. The molecule has 4 nitrogen and oxygen atoms in total. The van der Waals surface area contributed by atoms with Crippen LogP contribution in [-0.2, 0) is 4.79 Å². The fourth-order valence-corrected chi connectivity index (χ4v) is 9.89. The minimum atomic E-state index is -0.834. The van der Waals surface area contributed by atoms with E-state index in [-0.39, 0.29) is 12.5 Å². The molecule has 0 aliphatic rings. The van der Waals surface area contributed by atoms with Gasteiger partial charge in [-0.1, -0.05) is 341 Å². The average Bonchev–Trinajstić information content (AvgIpc) is 3.31. The summed E-state index contributed by atoms with van der Waals surface area (Å²) in [7, 11) is 0. The Hall–Kier alpha value is -0.870. The average molecular weight is 917 g/mol. The van der Waals surface area contributed by atoms with Gasteiger partial charge in [0.2, 0.25) is 5.91 Å². The number of nitrogens with one attached hydrogen (secondary N) is 1. The van der Waals surface area contributed by atoms with Gasteiger partial charge in [-0.15, -0.1) is 0 Å². The summed E-state index contributed by atoms with van der Waals surface area (Å²) in [5.74, 6) is -0.0569. The molecule has 0 aromatic rings. The molecule has 0 aromatic carbocycles. The van der Waals surface area contributed by atoms with Crippen molar-refractivity contribution in [3.8, 4) is 0 Å². The first-order chi connectivity index (χ1) is 32.2. The van der Waals surface area contributed by atoms with Gasteiger partial charge in [0, 0.05) is 6.42 Å². The Bertz CT molecular complexity index is 905. The van der Waals surface area contributed by atoms with Crippen molar-refractivity contribution >= 4 is 5.91 Å². The minimum absolute atomic E-state index is 0.0569. The van der Waals surface area contributed by atoms with Crippen LogP contribution in [0.4, 0.5) is 0 Å². The predicted molar refractivity (Wildman–Crippen MR) is 290 cm³/mol. The van der Waals surface area contributed by atoms with E-state index in [2.05, 4.69) is 19.2 Å². The van der Waals surface area contributed by atoms with Gasteiger partial charge in [0.1, 0.15) is 0 Å². The third-order valence-electron chi connectivity index (χ3n) is 14.5. The van der Waals surface area contributed by atoms with E-state index in [0.29, 0.717) is 6.42 Å². The normalized spacial score (nSPS) is 12.7. The lowest BCUT2D eigenvalue weighted by molar-refractivity contribution is -0.123. The van der Waals surface area contributed by atoms with Crippen LogP contribution in [0.15, 0.2) is 12.2 Å². The van der Waals surface area contributed by atoms with Gasteiger partial charge in [-0.2, -0.15) is 0 Å². The third-order valence-corrected chi connectivity index (χ3v) is 14.5. The summed E-state index contributed by atoms with van der Waals surface area (Å²) in [5, 5.41) is 23.1. The molecule has 0 rings (SSSR count). The molecule has 0 bridgehead atoms. The number of aliphatic hydroxyl groups is 2. The second-order valence-corrected chi connectivity index (χ2v) is 21.1. The number of hydrogen-bond donors (Lipinski definition) is 3. The van der Waals surface area contributed by atoms with Gasteiger partial charge in [-0.25, -0.2) is 0 Å². The second-order valence-electron chi connectivity index (χ2n) is 21.1. The van der Waals surface area contributed by atoms with Crippen LogP contribution < -0.4 is 5.32 Å². The summed E-state index contributed by atoms with van der Waals surface area (Å²) in [6, 6.07) is -0.617. The van der Waals surface area contributed by atoms with Gasteiger partial charge < -0.3 is 15.5 Å². The molecule has 0 fully saturated rings. The highest BCUT2D eigenvalue weighted by Crippen LogP contribution is 2.19. The van der Waals surface area contributed by atoms with Crippen molar-refractivity contribution < 1.29 is 15.0 Å². The summed E-state index contributed by atoms with van der Waals surface area (Å²) in [5.41, 5.74) is 0. The highest BCUT2D eigenvalue weighted by atomic mass is 16.3. The number of aliphatic hydroxyl groups excluding tert-OH is 2. The third kappa shape index (κ3) is 53.9. The number of carbonyl (C=O) groups excluding carboxylic acids is 1. The molecule has 3 N–H and O–H groups in total. The van der Waals surface area contributed by atoms with Crippen LogP contribution >= 0.6 is 0 Å². The highest BCUT2D eigenvalue weighted by Gasteiger charge is 2.18. The SMILES string of the molecule is CCCCCCCCCCCCC/C=C/C(O)C(CO)NC(=O)CCCCCCCCCCCCCCCCCCCCCCCCCCCCCCCCCCCCCCCCCC. The van der Waals surface area contributed by atoms with Crippen molar-refractivity contribution in [2.45, 2.75) is 366 Å². The Morgan fingerprint density at radius 3 is 0.800 bits per heavy atom. The van der Waals surface area contributed by atoms with E-state index in [4.69, 9.17) is 0 Å². The lowest BCUT2D eigenvalue weighted by atomic mass is 10.0. The maximum absolute atomic E-state index is 12.4. The van der Waals surface area contributed by atoms with Crippen LogP contribution in [0.2, 0.25) is 0 Å². The van der Waals surface area contributed by atoms with Gasteiger partial charge in [-0.3, -0.25) is 4.79 Å². The molecule has 0 saturated carbocycles. The topological polar surface area (TPSA) is 69.6 Å². The lowest BCUT2D eigenvalue weighted by Gasteiger charge is -2.20. The van der Waals surface area contributed by atoms with Gasteiger partial charge in [0.25, 0.3) is 0 Å². The van der Waals surface area contributed by atoms with E-state index in [1.165, 1.54) is 308 Å². The van der Waals surface area contributed by atoms with Crippen LogP contribution in [0, 0.1) is 0 Å². The summed E-state index contributed by atoms with van der Waals surface area (Å²) >= 11 is 0. The van der Waals surface area contributed by atoms with Gasteiger partial charge in [0.15, 0.2) is 0 Å². The van der Waals surface area contributed by atoms with Gasteiger partial charge in [0.05, 0.1) is 18.8 Å². The van der Waals surface area contributed by atoms with Crippen molar-refractivity contribution in [3.63, 3.8) is 0 Å². The van der Waals surface area contributed by atoms with Crippen molar-refractivity contribution in [1.29, 1.82) is 0 Å². The standard InChI is InChI=1S/C61H121NO3/c1-3-5-7-9-11-13-15-17-18-19-20-21-22-23-24-25-26-27-28-29-30-31-32-33-34-35-36-37-38-39-40-41-42-43-45-47-49-51-53-55-57-61(65)62-59(58-63)60(64)56-54-52-50-48-46-44-16-14-12-10-8-6-4-2/h54,56,59-60,63-64H,3-53,55,57-58H2,1-2H3,(H,62,65)/b56-54+. The number of unbranched alkanes of at least 4 members (excludes halogenated alkanes) is 50. The number of rotatable bonds is 57. The van der Waals surface area contributed by atoms with Crippen molar-refractivity contribution in [2.24, 2.45) is 0 Å². The molecule has 4 heteroatoms. The molecule has 388 valence electrons. The fraction of sp³-hybridized carbons (Fsp3) is 0.951. The summed E-state index contributed by atoms with van der Waals surface area (Å²) in [6.45, 7) is 4.34. The first-order valence-corrected chi connectivity index (χ1v) is 30.4. The fourth-order valence-electron chi connectivity index (χ4n) is 9.89. The Balaban J connectivity index is 3.32. The Morgan fingerprint density at radius 1 is 0.354 bits per heavy atom. The molecule has 0 aromatic heterocycles. The van der Waals surface area contributed by atoms with Gasteiger partial charge in [-0.05, 0) is 19.3 Å². The zero-order chi connectivity index (χ0) is 47.0. The first kappa shape index (κ1) is 64.1. The summed E-state index contributed by atoms with van der Waals surface area (Å²) in [4.78, 5) is 12.4. The molecule has 0 radical (unpaired) electrons. The molecule has 0 aliphatic carbocycles. The maximum atomic E-state index is 12.4. The van der Waals surface area contributed by atoms with Crippen LogP contribution in [0.1, 0.15) is 354 Å². The molecule has 0 saturated heterocycles. The second kappa shape index (κ2) is 57.4. The zero-order valence-electron chi connectivity index (χ0n) is 44.8. The molecule has 0 heterocycles. The monoisotopic (exact) mass is 916 g/mol. The first-order valence-electron chi connectivity index (χ1n) is 30.4. The van der Waals surface area contributed by atoms with E-state index in [1.807, 2.05) is 6.08 Å². The minimum Gasteiger partial charge on any atom is -0.394 e. The van der Waals surface area contributed by atoms with E-state index >= 15 is 0 Å². The van der Waals surface area contributed by atoms with Crippen molar-refractivity contribution in [3.05, 3.63) is 12.2 Å². The molecule has 65 heavy (non-hydrogen) atoms. The molecular weight excluding hydrogens is 795 g/mol. The summed E-state index contributed by atoms with van der Waals surface area (Å²) < 4.78 is 0. The Kier molecular flexibility index (Phi) is 56.7. The van der Waals surface area contributed by atoms with Crippen LogP contribution in [0.25, 0.3) is 0 Å².